The molecule has 5 nitrogen and oxygen atoms in total. The van der Waals surface area contributed by atoms with Crippen LogP contribution in [-0.2, 0) is 10.0 Å². The third-order valence-electron chi connectivity index (χ3n) is 1.67. The van der Waals surface area contributed by atoms with Crippen molar-refractivity contribution in [1.82, 2.24) is 4.31 Å². The Hall–Kier alpha value is -0.620. The minimum Gasteiger partial charge on any atom is -0.388 e. The first-order valence-electron chi connectivity index (χ1n) is 4.51. The lowest BCUT2D eigenvalue weighted by Crippen LogP contribution is -2.35. The van der Waals surface area contributed by atoms with Crippen LogP contribution in [0.2, 0.25) is 0 Å². The van der Waals surface area contributed by atoms with Gasteiger partial charge in [-0.3, -0.25) is 5.41 Å². The van der Waals surface area contributed by atoms with Gasteiger partial charge in [-0.2, -0.15) is 0 Å². The van der Waals surface area contributed by atoms with E-state index in [2.05, 4.69) is 0 Å². The Morgan fingerprint density at radius 3 is 2.29 bits per heavy atom. The molecule has 0 aromatic rings. The van der Waals surface area contributed by atoms with Crippen LogP contribution in [0.5, 0.6) is 0 Å². The quantitative estimate of drug-likeness (QED) is 0.497. The van der Waals surface area contributed by atoms with Crippen molar-refractivity contribution >= 4 is 15.9 Å². The van der Waals surface area contributed by atoms with Crippen LogP contribution in [-0.4, -0.2) is 37.9 Å². The second-order valence-electron chi connectivity index (χ2n) is 3.79. The summed E-state index contributed by atoms with van der Waals surface area (Å²) in [6, 6.07) is 0. The molecule has 84 valence electrons. The predicted octanol–water partition coefficient (Wildman–Crippen LogP) is 0.230. The van der Waals surface area contributed by atoms with Gasteiger partial charge in [0.15, 0.2) is 0 Å². The maximum Gasteiger partial charge on any atom is 0.211 e. The highest BCUT2D eigenvalue weighted by Crippen LogP contribution is 2.04. The first kappa shape index (κ1) is 13.4. The van der Waals surface area contributed by atoms with Crippen LogP contribution in [0.4, 0.5) is 0 Å². The molecule has 0 heterocycles. The van der Waals surface area contributed by atoms with E-state index >= 15 is 0 Å². The van der Waals surface area contributed by atoms with Crippen molar-refractivity contribution in [2.75, 3.05) is 19.3 Å². The predicted molar refractivity (Wildman–Crippen MR) is 57.8 cm³/mol. The highest BCUT2D eigenvalue weighted by Gasteiger charge is 2.17. The second kappa shape index (κ2) is 5.31. The molecule has 0 bridgehead atoms. The largest absolute Gasteiger partial charge is 0.388 e. The summed E-state index contributed by atoms with van der Waals surface area (Å²) < 4.78 is 23.9. The number of rotatable bonds is 6. The van der Waals surface area contributed by atoms with Crippen LogP contribution < -0.4 is 5.73 Å². The van der Waals surface area contributed by atoms with Crippen molar-refractivity contribution in [3.63, 3.8) is 0 Å². The van der Waals surface area contributed by atoms with E-state index in [1.54, 1.807) is 0 Å². The Kier molecular flexibility index (Phi) is 5.07. The minimum atomic E-state index is -3.17. The molecule has 14 heavy (non-hydrogen) atoms. The fourth-order valence-electron chi connectivity index (χ4n) is 1.04. The van der Waals surface area contributed by atoms with E-state index in [9.17, 15) is 8.42 Å². The topological polar surface area (TPSA) is 87.2 Å². The van der Waals surface area contributed by atoms with Crippen LogP contribution in [0.25, 0.3) is 0 Å². The van der Waals surface area contributed by atoms with E-state index in [1.807, 2.05) is 13.8 Å². The monoisotopic (exact) mass is 221 g/mol. The summed E-state index contributed by atoms with van der Waals surface area (Å²) in [6.07, 6.45) is 1.47. The number of nitrogens with one attached hydrogen (secondary N) is 1. The van der Waals surface area contributed by atoms with Crippen molar-refractivity contribution in [3.8, 4) is 0 Å². The molecule has 0 aliphatic heterocycles. The minimum absolute atomic E-state index is 0.0161. The molecule has 0 aliphatic rings. The Balaban J connectivity index is 4.34. The fraction of sp³-hybridized carbons (Fsp3) is 0.875. The highest BCUT2D eigenvalue weighted by molar-refractivity contribution is 7.88. The molecular weight excluding hydrogens is 202 g/mol. The Labute approximate surface area is 85.8 Å². The van der Waals surface area contributed by atoms with Gasteiger partial charge in [0.2, 0.25) is 10.0 Å². The summed E-state index contributed by atoms with van der Waals surface area (Å²) in [4.78, 5) is 0. The summed E-state index contributed by atoms with van der Waals surface area (Å²) in [5.74, 6) is 0.291. The van der Waals surface area contributed by atoms with Crippen molar-refractivity contribution < 1.29 is 8.42 Å². The number of hydrogen-bond acceptors (Lipinski definition) is 3. The van der Waals surface area contributed by atoms with Gasteiger partial charge in [0.1, 0.15) is 0 Å². The van der Waals surface area contributed by atoms with E-state index in [4.69, 9.17) is 11.1 Å². The molecule has 6 heteroatoms. The molecule has 3 N–H and O–H groups in total. The number of hydrogen-bond donors (Lipinski definition) is 2. The van der Waals surface area contributed by atoms with E-state index in [0.717, 1.165) is 0 Å². The third kappa shape index (κ3) is 5.93. The smallest absolute Gasteiger partial charge is 0.211 e. The molecule has 0 atom stereocenters. The van der Waals surface area contributed by atoms with Gasteiger partial charge in [0.25, 0.3) is 0 Å². The average molecular weight is 221 g/mol. The molecule has 0 aromatic carbocycles. The van der Waals surface area contributed by atoms with Crippen LogP contribution in [0.15, 0.2) is 0 Å². The molecule has 0 aromatic heterocycles. The van der Waals surface area contributed by atoms with Crippen molar-refractivity contribution in [1.29, 1.82) is 5.41 Å². The first-order valence-corrected chi connectivity index (χ1v) is 6.36. The normalized spacial score (nSPS) is 12.4. The molecule has 0 fully saturated rings. The Morgan fingerprint density at radius 2 is 2.00 bits per heavy atom. The molecule has 0 unspecified atom stereocenters. The van der Waals surface area contributed by atoms with E-state index < -0.39 is 10.0 Å². The second-order valence-corrected chi connectivity index (χ2v) is 5.77. The maximum atomic E-state index is 11.3. The van der Waals surface area contributed by atoms with Crippen LogP contribution >= 0.6 is 0 Å². The standard InChI is InChI=1S/C8H19N3O2S/c1-7(2)6-11(14(3,12)13)5-4-8(9)10/h7H,4-6H2,1-3H3,(H3,9,10). The van der Waals surface area contributed by atoms with Gasteiger partial charge in [-0.05, 0) is 5.92 Å². The Bertz CT molecular complexity index is 285. The van der Waals surface area contributed by atoms with Gasteiger partial charge in [-0.25, -0.2) is 12.7 Å². The zero-order valence-corrected chi connectivity index (χ0v) is 9.76. The van der Waals surface area contributed by atoms with Crippen LogP contribution in [0, 0.1) is 11.3 Å². The van der Waals surface area contributed by atoms with E-state index in [1.165, 1.54) is 10.6 Å². The van der Waals surface area contributed by atoms with Gasteiger partial charge < -0.3 is 5.73 Å². The molecule has 0 amide bonds. The van der Waals surface area contributed by atoms with Crippen molar-refractivity contribution in [2.45, 2.75) is 20.3 Å². The van der Waals surface area contributed by atoms with Crippen molar-refractivity contribution in [2.24, 2.45) is 11.7 Å². The van der Waals surface area contributed by atoms with Crippen molar-refractivity contribution in [3.05, 3.63) is 0 Å². The molecule has 0 saturated carbocycles. The lowest BCUT2D eigenvalue weighted by atomic mass is 10.2. The zero-order chi connectivity index (χ0) is 11.4. The fourth-order valence-corrected chi connectivity index (χ4v) is 2.04. The van der Waals surface area contributed by atoms with E-state index in [0.29, 0.717) is 19.5 Å². The van der Waals surface area contributed by atoms with Gasteiger partial charge in [0, 0.05) is 19.5 Å². The SMILES string of the molecule is CC(C)CN(CCC(=N)N)S(C)(=O)=O. The average Bonchev–Trinajstić information content (AvgIpc) is 1.94. The summed E-state index contributed by atoms with van der Waals surface area (Å²) in [5, 5.41) is 7.03. The molecule has 0 aliphatic carbocycles. The van der Waals surface area contributed by atoms with Gasteiger partial charge >= 0.3 is 0 Å². The van der Waals surface area contributed by atoms with Gasteiger partial charge in [-0.1, -0.05) is 13.8 Å². The third-order valence-corrected chi connectivity index (χ3v) is 2.94. The van der Waals surface area contributed by atoms with Crippen LogP contribution in [0.3, 0.4) is 0 Å². The molecule has 0 spiro atoms. The summed E-state index contributed by atoms with van der Waals surface area (Å²) in [7, 11) is -3.17. The number of nitrogens with two attached hydrogens (primary N) is 1. The molecule has 0 saturated heterocycles. The first-order chi connectivity index (χ1) is 6.23. The highest BCUT2D eigenvalue weighted by atomic mass is 32.2. The van der Waals surface area contributed by atoms with E-state index in [-0.39, 0.29) is 11.8 Å². The molecule has 0 radical (unpaired) electrons. The summed E-state index contributed by atoms with van der Waals surface area (Å²) in [5.41, 5.74) is 5.18. The summed E-state index contributed by atoms with van der Waals surface area (Å²) >= 11 is 0. The Morgan fingerprint density at radius 1 is 1.50 bits per heavy atom. The number of sulfonamides is 1. The number of nitrogens with zero attached hydrogens (tertiary/aromatic N) is 1. The van der Waals surface area contributed by atoms with Gasteiger partial charge in [0.05, 0.1) is 12.1 Å². The van der Waals surface area contributed by atoms with Gasteiger partial charge in [-0.15, -0.1) is 0 Å². The van der Waals surface area contributed by atoms with Crippen LogP contribution in [0.1, 0.15) is 20.3 Å². The zero-order valence-electron chi connectivity index (χ0n) is 8.95. The summed E-state index contributed by atoms with van der Waals surface area (Å²) in [6.45, 7) is 4.68. The lowest BCUT2D eigenvalue weighted by Gasteiger charge is -2.21. The number of amidine groups is 1. The molecule has 0 rings (SSSR count). The lowest BCUT2D eigenvalue weighted by molar-refractivity contribution is 0.377. The maximum absolute atomic E-state index is 11.3. The molecular formula is C8H19N3O2S.